The molecular weight excluding hydrogens is 989 g/mol. The van der Waals surface area contributed by atoms with Crippen LogP contribution in [0.2, 0.25) is 0 Å². The standard InChI is InChI=1S/C80H52N2/c1-80(2,3)63-29-27-48(28-30-63)61-39-70-66-35-50-17-9-12-22-55(50)45-76(66)82-77-46-65-57(38-69(77)71(40-61)79(70)82)25-14-26-64(65)56-24-13-23-49(31-56)59-32-58(47-15-5-4-6-16-47)33-60(34-59)62-41-72-67-36-51-18-7-10-20-53(51)43-74(67)81-75-44-54-21-11-8-19-52(54)37-68(75)73(42-62)78(72)81/h4-46H,1-3H3. The lowest BCUT2D eigenvalue weighted by atomic mass is 9.86. The summed E-state index contributed by atoms with van der Waals surface area (Å²) in [6.07, 6.45) is 0. The van der Waals surface area contributed by atoms with E-state index in [1.807, 2.05) is 0 Å². The highest BCUT2D eigenvalue weighted by atomic mass is 14.9. The Morgan fingerprint density at radius 2 is 0.561 bits per heavy atom. The van der Waals surface area contributed by atoms with E-state index < -0.39 is 0 Å². The molecule has 0 atom stereocenters. The van der Waals surface area contributed by atoms with E-state index in [0.717, 1.165) is 0 Å². The van der Waals surface area contributed by atoms with Crippen LogP contribution in [-0.4, -0.2) is 8.80 Å². The summed E-state index contributed by atoms with van der Waals surface area (Å²) in [7, 11) is 0. The zero-order valence-corrected chi connectivity index (χ0v) is 45.7. The smallest absolute Gasteiger partial charge is 0.0620 e. The molecule has 82 heavy (non-hydrogen) atoms. The third kappa shape index (κ3) is 6.64. The maximum atomic E-state index is 2.56. The van der Waals surface area contributed by atoms with E-state index in [2.05, 4.69) is 290 Å². The molecular formula is C80H52N2. The van der Waals surface area contributed by atoms with Crippen LogP contribution < -0.4 is 0 Å². The fourth-order valence-electron chi connectivity index (χ4n) is 14.3. The normalized spacial score (nSPS) is 12.6. The number of fused-ring (bicyclic) bond motifs is 16. The van der Waals surface area contributed by atoms with E-state index in [4.69, 9.17) is 0 Å². The summed E-state index contributed by atoms with van der Waals surface area (Å²) in [4.78, 5) is 0. The minimum Gasteiger partial charge on any atom is -0.308 e. The lowest BCUT2D eigenvalue weighted by Crippen LogP contribution is -2.10. The van der Waals surface area contributed by atoms with Crippen molar-refractivity contribution in [3.05, 3.63) is 266 Å². The molecule has 18 aromatic rings. The van der Waals surface area contributed by atoms with Crippen molar-refractivity contribution in [1.29, 1.82) is 0 Å². The maximum Gasteiger partial charge on any atom is 0.0620 e. The summed E-state index contributed by atoms with van der Waals surface area (Å²) in [5, 5.41) is 20.3. The van der Waals surface area contributed by atoms with Crippen LogP contribution in [0.25, 0.3) is 175 Å². The Hall–Kier alpha value is -10.3. The molecule has 0 amide bonds. The number of hydrogen-bond acceptors (Lipinski definition) is 0. The first-order valence-electron chi connectivity index (χ1n) is 28.8. The molecule has 0 saturated heterocycles. The van der Waals surface area contributed by atoms with Gasteiger partial charge in [0.2, 0.25) is 0 Å². The second kappa shape index (κ2) is 16.6. The first-order chi connectivity index (χ1) is 40.2. The van der Waals surface area contributed by atoms with Gasteiger partial charge in [-0.05, 0) is 207 Å². The van der Waals surface area contributed by atoms with Crippen molar-refractivity contribution < 1.29 is 0 Å². The van der Waals surface area contributed by atoms with E-state index in [1.165, 1.54) is 180 Å². The third-order valence-corrected chi connectivity index (χ3v) is 18.3. The van der Waals surface area contributed by atoms with Gasteiger partial charge in [-0.15, -0.1) is 0 Å². The summed E-state index contributed by atoms with van der Waals surface area (Å²) in [5.74, 6) is 0. The molecule has 0 saturated carbocycles. The minimum atomic E-state index is 0.0836. The van der Waals surface area contributed by atoms with E-state index >= 15 is 0 Å². The number of hydrogen-bond donors (Lipinski definition) is 0. The molecule has 14 aromatic carbocycles. The number of nitrogens with zero attached hydrogens (tertiary/aromatic N) is 2. The SMILES string of the molecule is CC(C)(C)c1ccc(-c2cc3c4cc5ccccc5cc4n4c5cc6c(-c7cccc(-c8cc(-c9ccccc9)cc(-c9cc%10c%11cc%12ccccc%12cc%11n%11c%12cc%13ccccc%13cc%12c(c9)c%10%11)c8)c7)cccc6cc5c(c2)c34)cc1. The number of aromatic nitrogens is 2. The molecule has 0 aliphatic rings. The molecule has 0 radical (unpaired) electrons. The molecule has 0 spiro atoms. The van der Waals surface area contributed by atoms with Crippen molar-refractivity contribution >= 4 is 119 Å². The van der Waals surface area contributed by atoms with Crippen LogP contribution in [0.1, 0.15) is 26.3 Å². The van der Waals surface area contributed by atoms with Crippen molar-refractivity contribution in [2.75, 3.05) is 0 Å². The van der Waals surface area contributed by atoms with Gasteiger partial charge in [-0.2, -0.15) is 0 Å². The van der Waals surface area contributed by atoms with Crippen molar-refractivity contribution in [3.63, 3.8) is 0 Å². The quantitative estimate of drug-likeness (QED) is 0.162. The molecule has 0 bridgehead atoms. The summed E-state index contributed by atoms with van der Waals surface area (Å²) in [6, 6.07) is 99.0. The van der Waals surface area contributed by atoms with Gasteiger partial charge in [-0.25, -0.2) is 0 Å². The molecule has 2 nitrogen and oxygen atoms in total. The van der Waals surface area contributed by atoms with Gasteiger partial charge in [0.05, 0.1) is 33.1 Å². The van der Waals surface area contributed by atoms with Crippen LogP contribution in [-0.2, 0) is 5.41 Å². The van der Waals surface area contributed by atoms with Crippen LogP contribution in [0.4, 0.5) is 0 Å². The summed E-state index contributed by atoms with van der Waals surface area (Å²) in [6.45, 7) is 6.86. The molecule has 0 aliphatic carbocycles. The zero-order chi connectivity index (χ0) is 54.1. The van der Waals surface area contributed by atoms with Gasteiger partial charge < -0.3 is 8.80 Å². The largest absolute Gasteiger partial charge is 0.308 e. The Morgan fingerprint density at radius 3 is 1.06 bits per heavy atom. The van der Waals surface area contributed by atoms with Crippen LogP contribution >= 0.6 is 0 Å². The second-order valence-corrected chi connectivity index (χ2v) is 24.1. The van der Waals surface area contributed by atoms with E-state index in [-0.39, 0.29) is 5.41 Å². The first kappa shape index (κ1) is 45.6. The minimum absolute atomic E-state index is 0.0836. The van der Waals surface area contributed by atoms with Crippen molar-refractivity contribution in [2.24, 2.45) is 0 Å². The fourth-order valence-corrected chi connectivity index (χ4v) is 14.3. The van der Waals surface area contributed by atoms with Gasteiger partial charge in [0, 0.05) is 43.1 Å². The van der Waals surface area contributed by atoms with Gasteiger partial charge in [0.15, 0.2) is 0 Å². The molecule has 4 heterocycles. The van der Waals surface area contributed by atoms with E-state index in [1.54, 1.807) is 0 Å². The molecule has 4 aromatic heterocycles. The maximum absolute atomic E-state index is 2.56. The first-order valence-corrected chi connectivity index (χ1v) is 28.8. The molecule has 0 fully saturated rings. The predicted molar refractivity (Wildman–Crippen MR) is 352 cm³/mol. The van der Waals surface area contributed by atoms with E-state index in [0.29, 0.717) is 0 Å². The molecule has 0 N–H and O–H groups in total. The van der Waals surface area contributed by atoms with Crippen molar-refractivity contribution in [1.82, 2.24) is 8.80 Å². The summed E-state index contributed by atoms with van der Waals surface area (Å²) < 4.78 is 5.09. The predicted octanol–water partition coefficient (Wildman–Crippen LogP) is 22.2. The highest BCUT2D eigenvalue weighted by Crippen LogP contribution is 2.48. The van der Waals surface area contributed by atoms with Gasteiger partial charge in [-0.3, -0.25) is 0 Å². The Kier molecular flexibility index (Phi) is 9.25. The average molecular weight is 1040 g/mol. The molecule has 0 aliphatic heterocycles. The number of benzene rings is 14. The molecule has 2 heteroatoms. The summed E-state index contributed by atoms with van der Waals surface area (Å²) >= 11 is 0. The fraction of sp³-hybridized carbons (Fsp3) is 0.0500. The second-order valence-electron chi connectivity index (χ2n) is 24.1. The van der Waals surface area contributed by atoms with Crippen molar-refractivity contribution in [2.45, 2.75) is 26.2 Å². The monoisotopic (exact) mass is 1040 g/mol. The average Bonchev–Trinajstić information content (AvgIpc) is 1.84. The molecule has 0 unspecified atom stereocenters. The highest BCUT2D eigenvalue weighted by Gasteiger charge is 2.24. The van der Waals surface area contributed by atoms with Gasteiger partial charge >= 0.3 is 0 Å². The zero-order valence-electron chi connectivity index (χ0n) is 45.7. The Bertz CT molecular complexity index is 5590. The Balaban J connectivity index is 0.832. The van der Waals surface area contributed by atoms with Gasteiger partial charge in [-0.1, -0.05) is 185 Å². The van der Waals surface area contributed by atoms with Gasteiger partial charge in [0.25, 0.3) is 0 Å². The number of rotatable bonds is 5. The van der Waals surface area contributed by atoms with Crippen LogP contribution in [0.15, 0.2) is 261 Å². The Labute approximate surface area is 473 Å². The topological polar surface area (TPSA) is 8.82 Å². The van der Waals surface area contributed by atoms with Crippen LogP contribution in [0, 0.1) is 0 Å². The highest BCUT2D eigenvalue weighted by molar-refractivity contribution is 6.29. The third-order valence-electron chi connectivity index (χ3n) is 18.3. The lowest BCUT2D eigenvalue weighted by Gasteiger charge is -2.19. The lowest BCUT2D eigenvalue weighted by molar-refractivity contribution is 0.590. The van der Waals surface area contributed by atoms with Crippen molar-refractivity contribution in [3.8, 4) is 55.6 Å². The van der Waals surface area contributed by atoms with E-state index in [9.17, 15) is 0 Å². The van der Waals surface area contributed by atoms with Crippen LogP contribution in [0.5, 0.6) is 0 Å². The van der Waals surface area contributed by atoms with Gasteiger partial charge in [0.1, 0.15) is 0 Å². The summed E-state index contributed by atoms with van der Waals surface area (Å²) in [5.41, 5.74) is 21.0. The van der Waals surface area contributed by atoms with Crippen LogP contribution in [0.3, 0.4) is 0 Å². The Morgan fingerprint density at radius 1 is 0.220 bits per heavy atom. The molecule has 382 valence electrons. The molecule has 18 rings (SSSR count).